The van der Waals surface area contributed by atoms with Crippen LogP contribution in [0.4, 0.5) is 17.3 Å². The Labute approximate surface area is 187 Å². The fraction of sp³-hybridized carbons (Fsp3) is 0.292. The molecule has 0 spiro atoms. The fourth-order valence-electron chi connectivity index (χ4n) is 3.42. The van der Waals surface area contributed by atoms with Crippen LogP contribution in [0.15, 0.2) is 48.9 Å². The summed E-state index contributed by atoms with van der Waals surface area (Å²) < 4.78 is 11.0. The van der Waals surface area contributed by atoms with Crippen molar-refractivity contribution in [1.29, 1.82) is 0 Å². The van der Waals surface area contributed by atoms with E-state index in [-0.39, 0.29) is 6.10 Å². The number of methoxy groups -OCH3 is 1. The van der Waals surface area contributed by atoms with Crippen LogP contribution in [0.5, 0.6) is 0 Å². The van der Waals surface area contributed by atoms with Crippen LogP contribution >= 0.6 is 0 Å². The van der Waals surface area contributed by atoms with Gasteiger partial charge in [0.15, 0.2) is 0 Å². The van der Waals surface area contributed by atoms with Crippen LogP contribution in [0, 0.1) is 12.3 Å². The quantitative estimate of drug-likeness (QED) is 0.470. The van der Waals surface area contributed by atoms with Crippen LogP contribution in [0.3, 0.4) is 0 Å². The largest absolute Gasteiger partial charge is 0.382 e. The molecular formula is C24H26N6O2. The first kappa shape index (κ1) is 21.7. The van der Waals surface area contributed by atoms with Crippen LogP contribution in [0.1, 0.15) is 11.3 Å². The topological polar surface area (TPSA) is 93.2 Å². The third kappa shape index (κ3) is 5.59. The fourth-order valence-corrected chi connectivity index (χ4v) is 3.42. The lowest BCUT2D eigenvalue weighted by Crippen LogP contribution is -2.42. The number of nitrogens with zero attached hydrogens (tertiary/aromatic N) is 3. The molecule has 3 N–H and O–H groups in total. The minimum absolute atomic E-state index is 0.104. The van der Waals surface area contributed by atoms with Crippen LogP contribution in [0.2, 0.25) is 0 Å². The van der Waals surface area contributed by atoms with E-state index >= 15 is 0 Å². The molecule has 1 fully saturated rings. The van der Waals surface area contributed by atoms with E-state index < -0.39 is 0 Å². The summed E-state index contributed by atoms with van der Waals surface area (Å²) >= 11 is 0. The molecule has 1 aromatic carbocycles. The first-order valence-electron chi connectivity index (χ1n) is 10.5. The van der Waals surface area contributed by atoms with Gasteiger partial charge in [-0.1, -0.05) is 24.3 Å². The molecule has 0 bridgehead atoms. The zero-order chi connectivity index (χ0) is 22.2. The smallest absolute Gasteiger partial charge is 0.150 e. The minimum atomic E-state index is 0.104. The first-order valence-corrected chi connectivity index (χ1v) is 10.5. The number of terminal acetylenes is 1. The van der Waals surface area contributed by atoms with E-state index in [1.807, 2.05) is 12.3 Å². The molecule has 3 heterocycles. The first-order chi connectivity index (χ1) is 15.7. The van der Waals surface area contributed by atoms with E-state index in [0.717, 1.165) is 42.1 Å². The predicted octanol–water partition coefficient (Wildman–Crippen LogP) is 2.81. The van der Waals surface area contributed by atoms with Crippen molar-refractivity contribution in [1.82, 2.24) is 20.3 Å². The number of hydrogen-bond donors (Lipinski definition) is 3. The lowest BCUT2D eigenvalue weighted by Gasteiger charge is -2.25. The summed E-state index contributed by atoms with van der Waals surface area (Å²) in [7, 11) is 1.69. The maximum absolute atomic E-state index is 5.83. The lowest BCUT2D eigenvalue weighted by molar-refractivity contribution is 0.0372. The number of rotatable bonds is 8. The number of anilines is 3. The second kappa shape index (κ2) is 10.7. The monoisotopic (exact) mass is 430 g/mol. The van der Waals surface area contributed by atoms with Gasteiger partial charge < -0.3 is 25.4 Å². The lowest BCUT2D eigenvalue weighted by atomic mass is 10.0. The van der Waals surface area contributed by atoms with Crippen LogP contribution in [0.25, 0.3) is 11.1 Å². The Hall–Kier alpha value is -3.51. The van der Waals surface area contributed by atoms with Crippen molar-refractivity contribution in [2.24, 2.45) is 0 Å². The molecule has 8 heteroatoms. The summed E-state index contributed by atoms with van der Waals surface area (Å²) in [5, 5.41) is 10.1. The molecule has 8 nitrogen and oxygen atoms in total. The zero-order valence-corrected chi connectivity index (χ0v) is 18.0. The number of ether oxygens (including phenoxy) is 2. The molecule has 0 aliphatic carbocycles. The van der Waals surface area contributed by atoms with Gasteiger partial charge in [0, 0.05) is 50.3 Å². The van der Waals surface area contributed by atoms with Crippen molar-refractivity contribution in [2.75, 3.05) is 44.0 Å². The van der Waals surface area contributed by atoms with Gasteiger partial charge >= 0.3 is 0 Å². The maximum atomic E-state index is 5.83. The Kier molecular flexibility index (Phi) is 7.25. The van der Waals surface area contributed by atoms with Crippen molar-refractivity contribution < 1.29 is 9.47 Å². The normalized spacial score (nSPS) is 15.7. The molecule has 1 saturated heterocycles. The molecule has 2 aromatic heterocycles. The maximum Gasteiger partial charge on any atom is 0.150 e. The van der Waals surface area contributed by atoms with Gasteiger partial charge in [-0.05, 0) is 17.0 Å². The van der Waals surface area contributed by atoms with Crippen molar-refractivity contribution in [2.45, 2.75) is 12.7 Å². The Bertz CT molecular complexity index is 1060. The van der Waals surface area contributed by atoms with Crippen LogP contribution < -0.4 is 16.0 Å². The highest BCUT2D eigenvalue weighted by molar-refractivity contribution is 5.79. The Morgan fingerprint density at radius 3 is 2.69 bits per heavy atom. The third-order valence-corrected chi connectivity index (χ3v) is 5.06. The van der Waals surface area contributed by atoms with Gasteiger partial charge in [-0.3, -0.25) is 0 Å². The van der Waals surface area contributed by atoms with E-state index in [2.05, 4.69) is 61.1 Å². The molecule has 1 atom stereocenters. The molecular weight excluding hydrogens is 404 g/mol. The summed E-state index contributed by atoms with van der Waals surface area (Å²) in [5.74, 6) is 3.68. The third-order valence-electron chi connectivity index (χ3n) is 5.06. The average Bonchev–Trinajstić information content (AvgIpc) is 2.85. The van der Waals surface area contributed by atoms with E-state index in [1.54, 1.807) is 19.5 Å². The summed E-state index contributed by atoms with van der Waals surface area (Å²) in [6.07, 6.45) is 10.4. The number of morpholine rings is 1. The highest BCUT2D eigenvalue weighted by atomic mass is 16.5. The molecule has 3 aromatic rings. The van der Waals surface area contributed by atoms with Gasteiger partial charge in [0.05, 0.1) is 31.7 Å². The van der Waals surface area contributed by atoms with Crippen LogP contribution in [-0.2, 0) is 16.1 Å². The molecule has 32 heavy (non-hydrogen) atoms. The summed E-state index contributed by atoms with van der Waals surface area (Å²) in [6, 6.07) is 10.2. The van der Waals surface area contributed by atoms with Crippen molar-refractivity contribution in [3.05, 3.63) is 60.2 Å². The molecule has 0 unspecified atom stereocenters. The van der Waals surface area contributed by atoms with E-state index in [4.69, 9.17) is 15.9 Å². The van der Waals surface area contributed by atoms with Crippen molar-refractivity contribution >= 4 is 17.3 Å². The van der Waals surface area contributed by atoms with Crippen molar-refractivity contribution in [3.63, 3.8) is 0 Å². The standard InChI is InChI=1S/C24H26N6O2/c1-3-19-11-28-24(15-26-19)30-23-10-22(27-13-20-12-25-8-9-32-20)21(14-29-23)18-6-4-17(5-7-18)16-31-2/h1,4-7,10-11,14-15,20,25H,8-9,12-13,16H2,2H3,(H2,27,28,29,30)/t20-/m1/s1. The Balaban J connectivity index is 1.57. The number of aromatic nitrogens is 3. The predicted molar refractivity (Wildman–Crippen MR) is 125 cm³/mol. The molecule has 0 saturated carbocycles. The zero-order valence-electron chi connectivity index (χ0n) is 18.0. The molecule has 1 aliphatic rings. The Morgan fingerprint density at radius 2 is 2.00 bits per heavy atom. The second-order valence-corrected chi connectivity index (χ2v) is 7.38. The number of hydrogen-bond acceptors (Lipinski definition) is 8. The molecule has 0 radical (unpaired) electrons. The van der Waals surface area contributed by atoms with Gasteiger partial charge in [-0.15, -0.1) is 6.42 Å². The highest BCUT2D eigenvalue weighted by Crippen LogP contribution is 2.30. The van der Waals surface area contributed by atoms with E-state index in [9.17, 15) is 0 Å². The Morgan fingerprint density at radius 1 is 1.16 bits per heavy atom. The van der Waals surface area contributed by atoms with Gasteiger partial charge in [0.2, 0.25) is 0 Å². The molecule has 0 amide bonds. The SMILES string of the molecule is C#Cc1cnc(Nc2cc(NC[C@H]3CNCCO3)c(-c3ccc(COC)cc3)cn2)cn1. The van der Waals surface area contributed by atoms with E-state index in [0.29, 0.717) is 30.5 Å². The molecule has 4 rings (SSSR count). The summed E-state index contributed by atoms with van der Waals surface area (Å²) in [4.78, 5) is 13.0. The molecule has 164 valence electrons. The van der Waals surface area contributed by atoms with Gasteiger partial charge in [0.25, 0.3) is 0 Å². The van der Waals surface area contributed by atoms with Gasteiger partial charge in [-0.2, -0.15) is 0 Å². The summed E-state index contributed by atoms with van der Waals surface area (Å²) in [5.41, 5.74) is 4.61. The van der Waals surface area contributed by atoms with Gasteiger partial charge in [0.1, 0.15) is 17.3 Å². The highest BCUT2D eigenvalue weighted by Gasteiger charge is 2.15. The second-order valence-electron chi connectivity index (χ2n) is 7.38. The number of nitrogens with one attached hydrogen (secondary N) is 3. The number of benzene rings is 1. The average molecular weight is 431 g/mol. The number of pyridine rings is 1. The van der Waals surface area contributed by atoms with E-state index in [1.165, 1.54) is 0 Å². The minimum Gasteiger partial charge on any atom is -0.382 e. The van der Waals surface area contributed by atoms with Crippen LogP contribution in [-0.4, -0.2) is 54.4 Å². The van der Waals surface area contributed by atoms with Gasteiger partial charge in [-0.25, -0.2) is 15.0 Å². The molecule has 1 aliphatic heterocycles. The van der Waals surface area contributed by atoms with Crippen molar-refractivity contribution in [3.8, 4) is 23.5 Å². The summed E-state index contributed by atoms with van der Waals surface area (Å²) in [6.45, 7) is 3.69.